The van der Waals surface area contributed by atoms with E-state index in [2.05, 4.69) is 38.8 Å². The maximum absolute atomic E-state index is 13.7. The largest absolute Gasteiger partial charge is 0.490 e. The molecule has 9 nitrogen and oxygen atoms in total. The SMILES string of the molecule is CO[C@@]1(CN2CCC3(CCO3)CC2)/C=C/C[C@H](C)[C@@H](C)S(=O)(=O)NC(O)c2ccc3c(c2)N(C[C@@H]2CC[C@H]21)C[C@@]1(CCCc2cc(Cl)ccc21)CO3. The van der Waals surface area contributed by atoms with Crippen molar-refractivity contribution >= 4 is 27.3 Å². The fourth-order valence-electron chi connectivity index (χ4n) is 10.2. The molecule has 284 valence electrons. The molecule has 2 saturated heterocycles. The van der Waals surface area contributed by atoms with Crippen LogP contribution < -0.4 is 14.4 Å². The number of anilines is 1. The van der Waals surface area contributed by atoms with Gasteiger partial charge in [0.25, 0.3) is 0 Å². The second kappa shape index (κ2) is 14.2. The van der Waals surface area contributed by atoms with Crippen LogP contribution in [0.5, 0.6) is 5.75 Å². The molecular weight excluding hydrogens is 698 g/mol. The van der Waals surface area contributed by atoms with Crippen molar-refractivity contribution in [2.75, 3.05) is 57.9 Å². The lowest BCUT2D eigenvalue weighted by atomic mass is 9.63. The zero-order valence-corrected chi connectivity index (χ0v) is 32.6. The smallest absolute Gasteiger partial charge is 0.216 e. The fourth-order valence-corrected chi connectivity index (χ4v) is 11.7. The Bertz CT molecular complexity index is 1780. The van der Waals surface area contributed by atoms with Crippen LogP contribution in [0, 0.1) is 17.8 Å². The predicted molar refractivity (Wildman–Crippen MR) is 205 cm³/mol. The first-order chi connectivity index (χ1) is 24.9. The standard InChI is InChI=1S/C41H56ClN3O6S/c1-28-6-4-15-41(49-3,26-44-19-16-40(17-20-44)18-21-51-40)35-11-8-32(35)24-45-25-39(14-5-7-30-22-33(42)10-12-34(30)39)27-50-37-13-9-31(23-36(37)45)38(46)43-52(47,48)29(28)2/h4,9-10,12-13,15,22-23,28-29,32,35,38,43,46H,5-8,11,14,16-21,24-27H2,1-3H3/b15-4+/t28-,29+,32-,35+,38?,39-,41+/m0/s1. The summed E-state index contributed by atoms with van der Waals surface area (Å²) in [4.78, 5) is 5.05. The summed E-state index contributed by atoms with van der Waals surface area (Å²) in [5.74, 6) is 1.23. The van der Waals surface area contributed by atoms with Gasteiger partial charge < -0.3 is 24.2 Å². The van der Waals surface area contributed by atoms with E-state index < -0.39 is 27.1 Å². The van der Waals surface area contributed by atoms with Gasteiger partial charge in [-0.05, 0) is 123 Å². The quantitative estimate of drug-likeness (QED) is 0.349. The molecule has 2 spiro atoms. The molecule has 1 saturated carbocycles. The van der Waals surface area contributed by atoms with Crippen molar-refractivity contribution in [2.24, 2.45) is 17.8 Å². The van der Waals surface area contributed by atoms with Crippen LogP contribution in [-0.4, -0.2) is 87.9 Å². The highest BCUT2D eigenvalue weighted by atomic mass is 35.5. The lowest BCUT2D eigenvalue weighted by Crippen LogP contribution is -2.59. The molecule has 2 bridgehead atoms. The van der Waals surface area contributed by atoms with Crippen LogP contribution >= 0.6 is 11.6 Å². The molecule has 52 heavy (non-hydrogen) atoms. The Morgan fingerprint density at radius 3 is 2.60 bits per heavy atom. The topological polar surface area (TPSA) is 101 Å². The summed E-state index contributed by atoms with van der Waals surface area (Å²) in [6.45, 7) is 9.45. The Labute approximate surface area is 315 Å². The Hall–Kier alpha value is -2.18. The molecule has 6 aliphatic rings. The molecule has 3 fully saturated rings. The molecule has 0 aromatic heterocycles. The summed E-state index contributed by atoms with van der Waals surface area (Å²) in [5.41, 5.74) is 3.31. The molecule has 4 aliphatic heterocycles. The molecule has 2 aromatic carbocycles. The van der Waals surface area contributed by atoms with Crippen LogP contribution in [0.25, 0.3) is 0 Å². The minimum Gasteiger partial charge on any atom is -0.490 e. The number of fused-ring (bicyclic) bond motifs is 4. The number of aliphatic hydroxyl groups excluding tert-OH is 1. The number of aliphatic hydroxyl groups is 1. The van der Waals surface area contributed by atoms with Crippen molar-refractivity contribution in [3.05, 3.63) is 70.3 Å². The van der Waals surface area contributed by atoms with E-state index in [1.165, 1.54) is 11.1 Å². The number of halogens is 1. The van der Waals surface area contributed by atoms with Crippen molar-refractivity contribution < 1.29 is 27.7 Å². The third kappa shape index (κ3) is 6.73. The van der Waals surface area contributed by atoms with Gasteiger partial charge in [-0.3, -0.25) is 4.90 Å². The van der Waals surface area contributed by atoms with Crippen LogP contribution in [0.3, 0.4) is 0 Å². The van der Waals surface area contributed by atoms with E-state index >= 15 is 0 Å². The van der Waals surface area contributed by atoms with Gasteiger partial charge >= 0.3 is 0 Å². The molecule has 0 radical (unpaired) electrons. The molecule has 0 amide bonds. The lowest BCUT2D eigenvalue weighted by Gasteiger charge is -2.53. The second-order valence-electron chi connectivity index (χ2n) is 16.9. The van der Waals surface area contributed by atoms with Gasteiger partial charge in [0.15, 0.2) is 0 Å². The van der Waals surface area contributed by atoms with E-state index in [1.807, 2.05) is 32.2 Å². The second-order valence-corrected chi connectivity index (χ2v) is 19.4. The average Bonchev–Trinajstić information content (AvgIpc) is 3.25. The van der Waals surface area contributed by atoms with Gasteiger partial charge in [0, 0.05) is 50.3 Å². The van der Waals surface area contributed by atoms with Gasteiger partial charge in [0.1, 0.15) is 17.6 Å². The van der Waals surface area contributed by atoms with Gasteiger partial charge in [-0.2, -0.15) is 4.72 Å². The molecule has 7 atom stereocenters. The van der Waals surface area contributed by atoms with Gasteiger partial charge in [-0.25, -0.2) is 8.42 Å². The number of allylic oxidation sites excluding steroid dienone is 1. The minimum atomic E-state index is -3.85. The summed E-state index contributed by atoms with van der Waals surface area (Å²) in [5, 5.41) is 11.4. The number of piperidine rings is 1. The molecule has 4 heterocycles. The molecule has 8 rings (SSSR count). The van der Waals surface area contributed by atoms with Crippen molar-refractivity contribution in [3.8, 4) is 5.75 Å². The number of nitrogens with one attached hydrogen (secondary N) is 1. The van der Waals surface area contributed by atoms with Crippen molar-refractivity contribution in [1.82, 2.24) is 9.62 Å². The molecule has 2 aromatic rings. The summed E-state index contributed by atoms with van der Waals surface area (Å²) >= 11 is 6.51. The predicted octanol–water partition coefficient (Wildman–Crippen LogP) is 6.37. The summed E-state index contributed by atoms with van der Waals surface area (Å²) in [6.07, 6.45) is 12.1. The lowest BCUT2D eigenvalue weighted by molar-refractivity contribution is -0.178. The first-order valence-corrected chi connectivity index (χ1v) is 21.5. The first-order valence-electron chi connectivity index (χ1n) is 19.5. The summed E-state index contributed by atoms with van der Waals surface area (Å²) in [6, 6.07) is 12.0. The number of nitrogens with zero attached hydrogens (tertiary/aromatic N) is 2. The Balaban J connectivity index is 1.18. The molecule has 2 aliphatic carbocycles. The highest BCUT2D eigenvalue weighted by Crippen LogP contribution is 2.50. The fraction of sp³-hybridized carbons (Fsp3) is 0.659. The Morgan fingerprint density at radius 2 is 1.88 bits per heavy atom. The number of ether oxygens (including phenoxy) is 3. The van der Waals surface area contributed by atoms with E-state index in [0.717, 1.165) is 107 Å². The number of rotatable bonds is 3. The van der Waals surface area contributed by atoms with Crippen molar-refractivity contribution in [3.63, 3.8) is 0 Å². The van der Waals surface area contributed by atoms with Gasteiger partial charge in [-0.1, -0.05) is 42.8 Å². The maximum atomic E-state index is 13.7. The zero-order chi connectivity index (χ0) is 36.3. The number of benzene rings is 2. The van der Waals surface area contributed by atoms with Crippen LogP contribution in [0.1, 0.15) is 88.1 Å². The Kier molecular flexibility index (Phi) is 10.0. The van der Waals surface area contributed by atoms with Crippen molar-refractivity contribution in [1.29, 1.82) is 0 Å². The summed E-state index contributed by atoms with van der Waals surface area (Å²) in [7, 11) is -1.99. The first kappa shape index (κ1) is 36.8. The highest BCUT2D eigenvalue weighted by Gasteiger charge is 2.51. The van der Waals surface area contributed by atoms with Crippen LogP contribution in [-0.2, 0) is 31.3 Å². The van der Waals surface area contributed by atoms with Gasteiger partial charge in [-0.15, -0.1) is 0 Å². The van der Waals surface area contributed by atoms with Crippen molar-refractivity contribution in [2.45, 2.75) is 99.7 Å². The number of sulfonamides is 1. The number of hydrogen-bond donors (Lipinski definition) is 2. The highest BCUT2D eigenvalue weighted by molar-refractivity contribution is 7.90. The monoisotopic (exact) mass is 753 g/mol. The van der Waals surface area contributed by atoms with Crippen LogP contribution in [0.2, 0.25) is 5.02 Å². The minimum absolute atomic E-state index is 0.0743. The third-order valence-corrected chi connectivity index (χ3v) is 16.2. The Morgan fingerprint density at radius 1 is 1.08 bits per heavy atom. The van der Waals surface area contributed by atoms with E-state index in [1.54, 1.807) is 13.0 Å². The maximum Gasteiger partial charge on any atom is 0.216 e. The van der Waals surface area contributed by atoms with E-state index in [4.69, 9.17) is 25.8 Å². The average molecular weight is 754 g/mol. The number of likely N-dealkylation sites (tertiary alicyclic amines) is 1. The molecular formula is C41H56ClN3O6S. The number of hydrogen-bond acceptors (Lipinski definition) is 8. The number of aryl methyl sites for hydroxylation is 1. The molecule has 1 unspecified atom stereocenters. The summed E-state index contributed by atoms with van der Waals surface area (Å²) < 4.78 is 49.4. The molecule has 2 N–H and O–H groups in total. The van der Waals surface area contributed by atoms with Gasteiger partial charge in [0.2, 0.25) is 10.0 Å². The van der Waals surface area contributed by atoms with Crippen LogP contribution in [0.4, 0.5) is 5.69 Å². The number of methoxy groups -OCH3 is 1. The molecule has 11 heteroatoms. The van der Waals surface area contributed by atoms with Crippen LogP contribution in [0.15, 0.2) is 48.6 Å². The van der Waals surface area contributed by atoms with E-state index in [-0.39, 0.29) is 22.9 Å². The zero-order valence-electron chi connectivity index (χ0n) is 31.0. The normalized spacial score (nSPS) is 36.4. The van der Waals surface area contributed by atoms with Gasteiger partial charge in [0.05, 0.1) is 29.8 Å². The van der Waals surface area contributed by atoms with E-state index in [0.29, 0.717) is 24.5 Å². The third-order valence-electron chi connectivity index (χ3n) is 13.9. The van der Waals surface area contributed by atoms with E-state index in [9.17, 15) is 13.5 Å².